The first-order valence-electron chi connectivity index (χ1n) is 9.89. The van der Waals surface area contributed by atoms with E-state index in [1.165, 1.54) is 5.56 Å². The van der Waals surface area contributed by atoms with Crippen LogP contribution in [0.1, 0.15) is 5.56 Å². The van der Waals surface area contributed by atoms with Gasteiger partial charge >= 0.3 is 0 Å². The molecule has 2 heterocycles. The summed E-state index contributed by atoms with van der Waals surface area (Å²) in [5.74, 6) is 0.950. The van der Waals surface area contributed by atoms with Crippen LogP contribution in [0.2, 0.25) is 0 Å². The largest absolute Gasteiger partial charge is 0.370 e. The van der Waals surface area contributed by atoms with E-state index >= 15 is 0 Å². The van der Waals surface area contributed by atoms with Gasteiger partial charge in [0.1, 0.15) is 13.1 Å². The maximum atomic E-state index is 13.1. The van der Waals surface area contributed by atoms with E-state index in [2.05, 4.69) is 12.1 Å². The highest BCUT2D eigenvalue weighted by Gasteiger charge is 2.15. The highest BCUT2D eigenvalue weighted by molar-refractivity contribution is 7.99. The molecule has 3 aromatic rings. The minimum Gasteiger partial charge on any atom is -0.370 e. The van der Waals surface area contributed by atoms with Gasteiger partial charge < -0.3 is 9.64 Å². The number of aryl methyl sites for hydroxylation is 1. The molecule has 0 radical (unpaired) electrons. The number of rotatable bonds is 7. The van der Waals surface area contributed by atoms with E-state index in [1.807, 2.05) is 47.0 Å². The summed E-state index contributed by atoms with van der Waals surface area (Å²) in [7, 11) is 0. The van der Waals surface area contributed by atoms with Crippen LogP contribution in [0.3, 0.4) is 0 Å². The zero-order chi connectivity index (χ0) is 19.2. The molecule has 1 N–H and O–H groups in total. The van der Waals surface area contributed by atoms with E-state index in [-0.39, 0.29) is 5.56 Å². The average molecular weight is 397 g/mol. The molecule has 28 heavy (non-hydrogen) atoms. The van der Waals surface area contributed by atoms with Gasteiger partial charge in [-0.05, 0) is 24.1 Å². The number of quaternary nitrogens is 1. The lowest BCUT2D eigenvalue weighted by atomic mass is 10.1. The Labute approximate surface area is 169 Å². The quantitative estimate of drug-likeness (QED) is 0.487. The number of nitrogens with zero attached hydrogens (tertiary/aromatic N) is 2. The number of benzene rings is 2. The lowest BCUT2D eigenvalue weighted by Gasteiger charge is -2.23. The molecule has 5 nitrogen and oxygen atoms in total. The van der Waals surface area contributed by atoms with Crippen LogP contribution < -0.4 is 10.5 Å². The summed E-state index contributed by atoms with van der Waals surface area (Å²) < 4.78 is 7.29. The predicted octanol–water partition coefficient (Wildman–Crippen LogP) is 1.65. The number of ether oxygens (including phenoxy) is 1. The van der Waals surface area contributed by atoms with Crippen molar-refractivity contribution in [2.45, 2.75) is 18.1 Å². The molecule has 1 saturated heterocycles. The van der Waals surface area contributed by atoms with Gasteiger partial charge in [-0.3, -0.25) is 9.36 Å². The second-order valence-corrected chi connectivity index (χ2v) is 8.13. The molecule has 0 spiro atoms. The maximum Gasteiger partial charge on any atom is 0.262 e. The number of aromatic nitrogens is 2. The fourth-order valence-corrected chi connectivity index (χ4v) is 4.60. The maximum absolute atomic E-state index is 13.1. The van der Waals surface area contributed by atoms with Gasteiger partial charge in [0.05, 0.1) is 36.4 Å². The topological polar surface area (TPSA) is 48.6 Å². The van der Waals surface area contributed by atoms with Crippen LogP contribution in [-0.2, 0) is 17.7 Å². The fourth-order valence-electron chi connectivity index (χ4n) is 3.54. The number of hydrogen-bond donors (Lipinski definition) is 1. The summed E-state index contributed by atoms with van der Waals surface area (Å²) >= 11 is 1.70. The van der Waals surface area contributed by atoms with Gasteiger partial charge in [-0.15, -0.1) is 0 Å². The van der Waals surface area contributed by atoms with Crippen LogP contribution >= 0.6 is 11.8 Å². The zero-order valence-corrected chi connectivity index (χ0v) is 16.8. The van der Waals surface area contributed by atoms with Crippen LogP contribution in [0.5, 0.6) is 0 Å². The van der Waals surface area contributed by atoms with Gasteiger partial charge in [0.2, 0.25) is 0 Å². The summed E-state index contributed by atoms with van der Waals surface area (Å²) in [6.07, 6.45) is 0.822. The van der Waals surface area contributed by atoms with Gasteiger partial charge in [0.15, 0.2) is 5.16 Å². The Bertz CT molecular complexity index is 968. The lowest BCUT2D eigenvalue weighted by molar-refractivity contribution is -0.905. The van der Waals surface area contributed by atoms with Gasteiger partial charge in [0, 0.05) is 6.54 Å². The SMILES string of the molecule is O=c1c2ccccc2nc(SCC[NH+]2CCOCC2)n1CCc1ccccc1. The molecule has 0 atom stereocenters. The molecule has 4 rings (SSSR count). The molecular formula is C22H26N3O2S+. The van der Waals surface area contributed by atoms with E-state index in [0.717, 1.165) is 55.7 Å². The minimum atomic E-state index is 0.0581. The zero-order valence-electron chi connectivity index (χ0n) is 16.0. The molecule has 0 saturated carbocycles. The third-order valence-electron chi connectivity index (χ3n) is 5.18. The molecule has 2 aromatic carbocycles. The van der Waals surface area contributed by atoms with Crippen LogP contribution in [0.4, 0.5) is 0 Å². The van der Waals surface area contributed by atoms with Crippen LogP contribution in [0, 0.1) is 0 Å². The second kappa shape index (κ2) is 9.37. The summed E-state index contributed by atoms with van der Waals surface area (Å²) in [5, 5.41) is 1.52. The van der Waals surface area contributed by atoms with Crippen molar-refractivity contribution in [2.75, 3.05) is 38.6 Å². The molecule has 0 bridgehead atoms. The second-order valence-electron chi connectivity index (χ2n) is 7.06. The van der Waals surface area contributed by atoms with E-state index in [0.29, 0.717) is 11.9 Å². The van der Waals surface area contributed by atoms with Crippen LogP contribution in [0.25, 0.3) is 10.9 Å². The first-order chi connectivity index (χ1) is 13.8. The molecule has 1 aliphatic rings. The number of para-hydroxylation sites is 1. The number of fused-ring (bicyclic) bond motifs is 1. The molecule has 1 aromatic heterocycles. The van der Waals surface area contributed by atoms with Crippen LogP contribution in [0.15, 0.2) is 64.5 Å². The lowest BCUT2D eigenvalue weighted by Crippen LogP contribution is -3.14. The van der Waals surface area contributed by atoms with Crippen LogP contribution in [-0.4, -0.2) is 48.2 Å². The summed E-state index contributed by atoms with van der Waals surface area (Å²) in [6.45, 7) is 5.52. The Kier molecular flexibility index (Phi) is 6.41. The molecule has 0 unspecified atom stereocenters. The number of hydrogen-bond acceptors (Lipinski definition) is 4. The molecular weight excluding hydrogens is 370 g/mol. The van der Waals surface area contributed by atoms with E-state index in [9.17, 15) is 4.79 Å². The van der Waals surface area contributed by atoms with Crippen molar-refractivity contribution in [3.8, 4) is 0 Å². The van der Waals surface area contributed by atoms with Crippen molar-refractivity contribution in [2.24, 2.45) is 0 Å². The standard InChI is InChI=1S/C22H25N3O2S/c26-21-19-8-4-5-9-20(19)23-22(28-17-14-24-12-15-27-16-13-24)25(21)11-10-18-6-2-1-3-7-18/h1-9H,10-17H2/p+1. The van der Waals surface area contributed by atoms with E-state index in [1.54, 1.807) is 16.7 Å². The number of thioether (sulfide) groups is 1. The molecule has 0 amide bonds. The third-order valence-corrected chi connectivity index (χ3v) is 6.16. The van der Waals surface area contributed by atoms with Crippen molar-refractivity contribution < 1.29 is 9.64 Å². The monoisotopic (exact) mass is 396 g/mol. The summed E-state index contributed by atoms with van der Waals surface area (Å²) in [5.41, 5.74) is 2.07. The van der Waals surface area contributed by atoms with Crippen molar-refractivity contribution >= 4 is 22.7 Å². The van der Waals surface area contributed by atoms with Crippen molar-refractivity contribution in [3.63, 3.8) is 0 Å². The Hall–Kier alpha value is -2.15. The average Bonchev–Trinajstić information content (AvgIpc) is 2.75. The van der Waals surface area contributed by atoms with Gasteiger partial charge in [-0.2, -0.15) is 0 Å². The van der Waals surface area contributed by atoms with E-state index < -0.39 is 0 Å². The Morgan fingerprint density at radius 2 is 1.79 bits per heavy atom. The smallest absolute Gasteiger partial charge is 0.262 e. The first-order valence-corrected chi connectivity index (χ1v) is 10.9. The first kappa shape index (κ1) is 19.2. The normalized spacial score (nSPS) is 15.1. The van der Waals surface area contributed by atoms with Crippen molar-refractivity contribution in [1.29, 1.82) is 0 Å². The highest BCUT2D eigenvalue weighted by Crippen LogP contribution is 2.18. The molecule has 1 fully saturated rings. The Morgan fingerprint density at radius 3 is 2.61 bits per heavy atom. The molecule has 146 valence electrons. The molecule has 6 heteroatoms. The fraction of sp³-hybridized carbons (Fsp3) is 0.364. The molecule has 0 aliphatic carbocycles. The highest BCUT2D eigenvalue weighted by atomic mass is 32.2. The Morgan fingerprint density at radius 1 is 1.04 bits per heavy atom. The molecule has 1 aliphatic heterocycles. The predicted molar refractivity (Wildman–Crippen MR) is 113 cm³/mol. The third kappa shape index (κ3) is 4.63. The Balaban J connectivity index is 1.54. The van der Waals surface area contributed by atoms with Crippen molar-refractivity contribution in [3.05, 3.63) is 70.5 Å². The van der Waals surface area contributed by atoms with E-state index in [4.69, 9.17) is 9.72 Å². The number of nitrogens with one attached hydrogen (secondary N) is 1. The summed E-state index contributed by atoms with van der Waals surface area (Å²) in [6, 6.07) is 17.9. The number of morpholine rings is 1. The summed E-state index contributed by atoms with van der Waals surface area (Å²) in [4.78, 5) is 19.5. The van der Waals surface area contributed by atoms with Gasteiger partial charge in [0.25, 0.3) is 5.56 Å². The minimum absolute atomic E-state index is 0.0581. The van der Waals surface area contributed by atoms with Gasteiger partial charge in [-0.1, -0.05) is 54.2 Å². The van der Waals surface area contributed by atoms with Crippen molar-refractivity contribution in [1.82, 2.24) is 9.55 Å². The van der Waals surface area contributed by atoms with Gasteiger partial charge in [-0.25, -0.2) is 4.98 Å².